The number of nitrogens with two attached hydrogens (primary N) is 1. The molecule has 21 heavy (non-hydrogen) atoms. The largest absolute Gasteiger partial charge is 0.416 e. The number of anilines is 1. The molecular weight excluding hydrogens is 281 g/mol. The number of alkyl halides is 3. The van der Waals surface area contributed by atoms with Crippen LogP contribution >= 0.6 is 0 Å². The number of hydrogen-bond acceptors (Lipinski definition) is 4. The van der Waals surface area contributed by atoms with Gasteiger partial charge in [0.25, 0.3) is 0 Å². The molecule has 0 aliphatic carbocycles. The van der Waals surface area contributed by atoms with Gasteiger partial charge in [0.2, 0.25) is 0 Å². The highest BCUT2D eigenvalue weighted by atomic mass is 19.4. The normalized spacial score (nSPS) is 11.5. The van der Waals surface area contributed by atoms with E-state index in [2.05, 4.69) is 15.4 Å². The zero-order chi connectivity index (χ0) is 15.5. The molecule has 2 aromatic rings. The second-order valence-electron chi connectivity index (χ2n) is 4.53. The number of hydrazine groups is 1. The summed E-state index contributed by atoms with van der Waals surface area (Å²) in [5, 5.41) is 0. The van der Waals surface area contributed by atoms with Crippen LogP contribution in [0.1, 0.15) is 29.6 Å². The number of halogens is 3. The lowest BCUT2D eigenvalue weighted by atomic mass is 10.1. The van der Waals surface area contributed by atoms with E-state index in [0.717, 1.165) is 17.8 Å². The maximum Gasteiger partial charge on any atom is 0.416 e. The molecule has 0 aliphatic heterocycles. The first kappa shape index (κ1) is 15.2. The summed E-state index contributed by atoms with van der Waals surface area (Å²) in [7, 11) is 0. The predicted molar refractivity (Wildman–Crippen MR) is 73.5 cm³/mol. The van der Waals surface area contributed by atoms with Gasteiger partial charge in [-0.05, 0) is 18.1 Å². The molecule has 0 unspecified atom stereocenters. The number of benzene rings is 1. The van der Waals surface area contributed by atoms with E-state index in [4.69, 9.17) is 5.84 Å². The van der Waals surface area contributed by atoms with Crippen molar-refractivity contribution in [3.05, 3.63) is 53.0 Å². The van der Waals surface area contributed by atoms with Crippen LogP contribution < -0.4 is 11.3 Å². The molecule has 0 atom stereocenters. The van der Waals surface area contributed by atoms with E-state index in [1.54, 1.807) is 12.1 Å². The first-order valence-corrected chi connectivity index (χ1v) is 6.42. The Labute approximate surface area is 120 Å². The van der Waals surface area contributed by atoms with Gasteiger partial charge in [0.1, 0.15) is 11.6 Å². The number of aryl methyl sites for hydroxylation is 1. The molecule has 7 heteroatoms. The molecular formula is C14H15F3N4. The number of rotatable bonds is 4. The smallest absolute Gasteiger partial charge is 0.308 e. The Kier molecular flexibility index (Phi) is 4.42. The predicted octanol–water partition coefficient (Wildman–Crippen LogP) is 2.93. The second kappa shape index (κ2) is 6.09. The third kappa shape index (κ3) is 3.91. The Morgan fingerprint density at radius 1 is 1.19 bits per heavy atom. The molecule has 1 heterocycles. The van der Waals surface area contributed by atoms with Gasteiger partial charge in [-0.3, -0.25) is 0 Å². The molecule has 0 saturated carbocycles. The number of hydrogen-bond donors (Lipinski definition) is 2. The molecule has 0 spiro atoms. The lowest BCUT2D eigenvalue weighted by Crippen LogP contribution is -2.12. The van der Waals surface area contributed by atoms with Gasteiger partial charge in [-0.25, -0.2) is 15.8 Å². The molecule has 3 N–H and O–H groups in total. The van der Waals surface area contributed by atoms with E-state index >= 15 is 0 Å². The average Bonchev–Trinajstić information content (AvgIpc) is 2.46. The van der Waals surface area contributed by atoms with E-state index in [1.165, 1.54) is 6.07 Å². The summed E-state index contributed by atoms with van der Waals surface area (Å²) in [5.41, 5.74) is 3.03. The summed E-state index contributed by atoms with van der Waals surface area (Å²) in [5.74, 6) is 6.21. The van der Waals surface area contributed by atoms with E-state index in [1.807, 2.05) is 6.92 Å². The summed E-state index contributed by atoms with van der Waals surface area (Å²) in [6.07, 6.45) is -3.45. The van der Waals surface area contributed by atoms with Crippen molar-refractivity contribution < 1.29 is 13.2 Å². The number of nitrogens with zero attached hydrogens (tertiary/aromatic N) is 2. The molecule has 0 radical (unpaired) electrons. The third-order valence-electron chi connectivity index (χ3n) is 2.95. The van der Waals surface area contributed by atoms with Crippen LogP contribution in [-0.2, 0) is 19.0 Å². The summed E-state index contributed by atoms with van der Waals surface area (Å²) in [6, 6.07) is 6.85. The molecule has 1 aromatic carbocycles. The fourth-order valence-corrected chi connectivity index (χ4v) is 1.93. The van der Waals surface area contributed by atoms with Crippen molar-refractivity contribution in [2.75, 3.05) is 5.43 Å². The quantitative estimate of drug-likeness (QED) is 0.672. The van der Waals surface area contributed by atoms with Crippen molar-refractivity contribution >= 4 is 5.82 Å². The van der Waals surface area contributed by atoms with Gasteiger partial charge in [-0.1, -0.05) is 25.1 Å². The topological polar surface area (TPSA) is 63.8 Å². The van der Waals surface area contributed by atoms with Gasteiger partial charge in [0, 0.05) is 18.2 Å². The molecule has 112 valence electrons. The Morgan fingerprint density at radius 2 is 1.95 bits per heavy atom. The lowest BCUT2D eigenvalue weighted by molar-refractivity contribution is -0.137. The van der Waals surface area contributed by atoms with E-state index in [9.17, 15) is 13.2 Å². The highest BCUT2D eigenvalue weighted by Gasteiger charge is 2.30. The van der Waals surface area contributed by atoms with Crippen LogP contribution in [-0.4, -0.2) is 9.97 Å². The fourth-order valence-electron chi connectivity index (χ4n) is 1.93. The molecule has 4 nitrogen and oxygen atoms in total. The van der Waals surface area contributed by atoms with Crippen molar-refractivity contribution in [2.45, 2.75) is 25.9 Å². The van der Waals surface area contributed by atoms with Crippen molar-refractivity contribution in [1.29, 1.82) is 0 Å². The SMILES string of the molecule is CCc1cc(NN)nc(Cc2cccc(C(F)(F)F)c2)n1. The van der Waals surface area contributed by atoms with Crippen molar-refractivity contribution in [3.63, 3.8) is 0 Å². The minimum absolute atomic E-state index is 0.215. The van der Waals surface area contributed by atoms with Gasteiger partial charge < -0.3 is 5.43 Å². The Balaban J connectivity index is 2.30. The molecule has 0 aliphatic rings. The lowest BCUT2D eigenvalue weighted by Gasteiger charge is -2.09. The number of aromatic nitrogens is 2. The van der Waals surface area contributed by atoms with Crippen LogP contribution in [0.2, 0.25) is 0 Å². The highest BCUT2D eigenvalue weighted by molar-refractivity contribution is 5.36. The van der Waals surface area contributed by atoms with Gasteiger partial charge in [0.15, 0.2) is 0 Å². The van der Waals surface area contributed by atoms with Gasteiger partial charge in [-0.2, -0.15) is 13.2 Å². The van der Waals surface area contributed by atoms with E-state index in [-0.39, 0.29) is 6.42 Å². The van der Waals surface area contributed by atoms with Gasteiger partial charge >= 0.3 is 6.18 Å². The standard InChI is InChI=1S/C14H15F3N4/c1-2-11-8-13(21-18)20-12(19-11)7-9-4-3-5-10(6-9)14(15,16)17/h3-6,8H,2,7,18H2,1H3,(H,19,20,21). The summed E-state index contributed by atoms with van der Waals surface area (Å²) < 4.78 is 38.1. The van der Waals surface area contributed by atoms with Crippen LogP contribution in [0.3, 0.4) is 0 Å². The van der Waals surface area contributed by atoms with Crippen LogP contribution in [0, 0.1) is 0 Å². The third-order valence-corrected chi connectivity index (χ3v) is 2.95. The first-order valence-electron chi connectivity index (χ1n) is 6.42. The first-order chi connectivity index (χ1) is 9.92. The zero-order valence-corrected chi connectivity index (χ0v) is 11.4. The minimum atomic E-state index is -4.36. The van der Waals surface area contributed by atoms with E-state index < -0.39 is 11.7 Å². The average molecular weight is 296 g/mol. The maximum atomic E-state index is 12.7. The molecule has 0 fully saturated rings. The Hall–Kier alpha value is -2.15. The van der Waals surface area contributed by atoms with Gasteiger partial charge in [0.05, 0.1) is 5.56 Å². The van der Waals surface area contributed by atoms with Crippen LogP contribution in [0.15, 0.2) is 30.3 Å². The number of nitrogen functional groups attached to an aromatic ring is 1. The van der Waals surface area contributed by atoms with Crippen LogP contribution in [0.4, 0.5) is 19.0 Å². The van der Waals surface area contributed by atoms with Crippen molar-refractivity contribution in [3.8, 4) is 0 Å². The monoisotopic (exact) mass is 296 g/mol. The minimum Gasteiger partial charge on any atom is -0.308 e. The number of nitrogens with one attached hydrogen (secondary N) is 1. The summed E-state index contributed by atoms with van der Waals surface area (Å²) in [6.45, 7) is 1.93. The Morgan fingerprint density at radius 3 is 2.57 bits per heavy atom. The summed E-state index contributed by atoms with van der Waals surface area (Å²) >= 11 is 0. The molecule has 0 saturated heterocycles. The van der Waals surface area contributed by atoms with Gasteiger partial charge in [-0.15, -0.1) is 0 Å². The van der Waals surface area contributed by atoms with Crippen LogP contribution in [0.5, 0.6) is 0 Å². The molecule has 0 amide bonds. The zero-order valence-electron chi connectivity index (χ0n) is 11.4. The molecule has 2 rings (SSSR count). The molecule has 0 bridgehead atoms. The highest BCUT2D eigenvalue weighted by Crippen LogP contribution is 2.29. The maximum absolute atomic E-state index is 12.7. The second-order valence-corrected chi connectivity index (χ2v) is 4.53. The summed E-state index contributed by atoms with van der Waals surface area (Å²) in [4.78, 5) is 8.46. The Bertz CT molecular complexity index is 604. The molecule has 1 aromatic heterocycles. The van der Waals surface area contributed by atoms with E-state index in [0.29, 0.717) is 23.6 Å². The van der Waals surface area contributed by atoms with Crippen LogP contribution in [0.25, 0.3) is 0 Å². The van der Waals surface area contributed by atoms with Crippen molar-refractivity contribution in [1.82, 2.24) is 9.97 Å². The fraction of sp³-hybridized carbons (Fsp3) is 0.286. The van der Waals surface area contributed by atoms with Crippen molar-refractivity contribution in [2.24, 2.45) is 5.84 Å².